The van der Waals surface area contributed by atoms with Gasteiger partial charge in [0.05, 0.1) is 13.1 Å². The Balaban J connectivity index is 0.00000264. The highest BCUT2D eigenvalue weighted by Gasteiger charge is 2.22. The maximum atomic E-state index is 11.6. The number of nitrogens with one attached hydrogen (secondary N) is 2. The summed E-state index contributed by atoms with van der Waals surface area (Å²) in [7, 11) is 5.17. The van der Waals surface area contributed by atoms with Gasteiger partial charge < -0.3 is 15.5 Å². The summed E-state index contributed by atoms with van der Waals surface area (Å²) in [5, 5.41) is 10.9. The van der Waals surface area contributed by atoms with Crippen LogP contribution in [0.2, 0.25) is 0 Å². The third-order valence-electron chi connectivity index (χ3n) is 3.69. The van der Waals surface area contributed by atoms with E-state index in [9.17, 15) is 4.79 Å². The van der Waals surface area contributed by atoms with Crippen LogP contribution in [0.3, 0.4) is 0 Å². The molecule has 1 aromatic heterocycles. The number of carbonyl (C=O) groups is 1. The van der Waals surface area contributed by atoms with E-state index in [4.69, 9.17) is 0 Å². The van der Waals surface area contributed by atoms with Gasteiger partial charge in [-0.2, -0.15) is 5.10 Å². The summed E-state index contributed by atoms with van der Waals surface area (Å²) in [6.45, 7) is 3.06. The number of amides is 1. The second kappa shape index (κ2) is 9.04. The van der Waals surface area contributed by atoms with Gasteiger partial charge in [0, 0.05) is 40.0 Å². The number of likely N-dealkylation sites (N-methyl/N-ethyl adjacent to an activating group) is 1. The van der Waals surface area contributed by atoms with Crippen LogP contribution in [-0.4, -0.2) is 65.3 Å². The van der Waals surface area contributed by atoms with Gasteiger partial charge in [0.1, 0.15) is 5.82 Å². The lowest BCUT2D eigenvalue weighted by atomic mass is 10.1. The molecule has 0 spiro atoms. The number of guanidine groups is 1. The summed E-state index contributed by atoms with van der Waals surface area (Å²) in [4.78, 5) is 21.8. The number of nitrogens with zero attached hydrogens (tertiary/aromatic N) is 5. The summed E-state index contributed by atoms with van der Waals surface area (Å²) in [5.74, 6) is 2.60. The van der Waals surface area contributed by atoms with E-state index < -0.39 is 0 Å². The minimum Gasteiger partial charge on any atom is -0.352 e. The van der Waals surface area contributed by atoms with Crippen molar-refractivity contribution < 1.29 is 4.79 Å². The topological polar surface area (TPSA) is 87.4 Å². The van der Waals surface area contributed by atoms with Crippen molar-refractivity contribution in [3.63, 3.8) is 0 Å². The van der Waals surface area contributed by atoms with Crippen molar-refractivity contribution in [1.29, 1.82) is 0 Å². The summed E-state index contributed by atoms with van der Waals surface area (Å²) in [6.07, 6.45) is 2.73. The Morgan fingerprint density at radius 1 is 1.48 bits per heavy atom. The molecular weight excluding hydrogens is 409 g/mol. The molecule has 0 aromatic carbocycles. The molecule has 0 radical (unpaired) electrons. The van der Waals surface area contributed by atoms with E-state index in [0.29, 0.717) is 5.96 Å². The summed E-state index contributed by atoms with van der Waals surface area (Å²) >= 11 is 0. The van der Waals surface area contributed by atoms with E-state index in [1.807, 2.05) is 4.68 Å². The first-order valence-electron chi connectivity index (χ1n) is 7.63. The fraction of sp³-hybridized carbons (Fsp3) is 0.714. The summed E-state index contributed by atoms with van der Waals surface area (Å²) in [6, 6.07) is 0.236. The Labute approximate surface area is 154 Å². The number of carbonyl (C=O) groups excluding carboxylic acids is 1. The molecule has 8 nitrogen and oxygen atoms in total. The maximum Gasteiger partial charge on any atom is 0.241 e. The molecular formula is C14H26IN7O. The fourth-order valence-electron chi connectivity index (χ4n) is 2.33. The highest BCUT2D eigenvalue weighted by Crippen LogP contribution is 2.13. The zero-order valence-electron chi connectivity index (χ0n) is 14.2. The monoisotopic (exact) mass is 435 g/mol. The van der Waals surface area contributed by atoms with Gasteiger partial charge >= 0.3 is 0 Å². The van der Waals surface area contributed by atoms with Gasteiger partial charge in [-0.05, 0) is 6.42 Å². The molecule has 2 N–H and O–H groups in total. The molecule has 130 valence electrons. The van der Waals surface area contributed by atoms with Crippen molar-refractivity contribution in [3.8, 4) is 0 Å². The zero-order chi connectivity index (χ0) is 16.1. The first kappa shape index (κ1) is 19.7. The lowest BCUT2D eigenvalue weighted by Crippen LogP contribution is -2.49. The predicted octanol–water partition coefficient (Wildman–Crippen LogP) is 0.0265. The van der Waals surface area contributed by atoms with Crippen molar-refractivity contribution in [2.75, 3.05) is 27.7 Å². The van der Waals surface area contributed by atoms with Crippen molar-refractivity contribution in [3.05, 3.63) is 11.6 Å². The molecule has 1 amide bonds. The zero-order valence-corrected chi connectivity index (χ0v) is 16.5. The molecule has 0 bridgehead atoms. The molecule has 0 saturated carbocycles. The molecule has 1 unspecified atom stereocenters. The van der Waals surface area contributed by atoms with E-state index in [1.54, 1.807) is 26.0 Å². The van der Waals surface area contributed by atoms with Crippen LogP contribution in [0.1, 0.15) is 25.0 Å². The smallest absolute Gasteiger partial charge is 0.241 e. The number of fused-ring (bicyclic) bond motifs is 1. The quantitative estimate of drug-likeness (QED) is 0.396. The van der Waals surface area contributed by atoms with Gasteiger partial charge in [0.15, 0.2) is 11.8 Å². The molecule has 1 atom stereocenters. The van der Waals surface area contributed by atoms with Crippen LogP contribution in [0.25, 0.3) is 0 Å². The predicted molar refractivity (Wildman–Crippen MR) is 100 cm³/mol. The number of aliphatic imine (C=N–C) groups is 1. The molecule has 2 rings (SSSR count). The largest absolute Gasteiger partial charge is 0.352 e. The Morgan fingerprint density at radius 3 is 2.83 bits per heavy atom. The van der Waals surface area contributed by atoms with Gasteiger partial charge in [-0.3, -0.25) is 9.79 Å². The van der Waals surface area contributed by atoms with Crippen LogP contribution < -0.4 is 10.6 Å². The number of aromatic nitrogens is 3. The summed E-state index contributed by atoms with van der Waals surface area (Å²) in [5.41, 5.74) is 0. The average Bonchev–Trinajstić information content (AvgIpc) is 2.93. The van der Waals surface area contributed by atoms with Gasteiger partial charge in [-0.25, -0.2) is 9.67 Å². The first-order chi connectivity index (χ1) is 10.5. The molecule has 0 aliphatic carbocycles. The van der Waals surface area contributed by atoms with Crippen LogP contribution in [0.15, 0.2) is 4.99 Å². The van der Waals surface area contributed by atoms with Crippen LogP contribution in [0.4, 0.5) is 0 Å². The number of hydrogen-bond acceptors (Lipinski definition) is 4. The molecule has 2 heterocycles. The number of rotatable bonds is 4. The standard InChI is InChI=1S/C14H25N7O.HI/c1-5-11-18-12-7-6-10(9-21(12)19-11)17-14(15-2)16-8-13(22)20(3)4;/h10H,5-9H2,1-4H3,(H2,15,16,17);1H. The number of halogens is 1. The van der Waals surface area contributed by atoms with E-state index in [0.717, 1.165) is 37.5 Å². The van der Waals surface area contributed by atoms with Crippen molar-refractivity contribution in [2.24, 2.45) is 4.99 Å². The SMILES string of the molecule is CCc1nc2n(n1)CC(NC(=NC)NCC(=O)N(C)C)CC2.I. The van der Waals surface area contributed by atoms with E-state index in [1.165, 1.54) is 0 Å². The Hall–Kier alpha value is -1.39. The summed E-state index contributed by atoms with van der Waals surface area (Å²) < 4.78 is 1.97. The number of hydrogen-bond donors (Lipinski definition) is 2. The highest BCUT2D eigenvalue weighted by atomic mass is 127. The Kier molecular flexibility index (Phi) is 7.73. The maximum absolute atomic E-state index is 11.6. The van der Waals surface area contributed by atoms with Crippen molar-refractivity contribution >= 4 is 35.8 Å². The third kappa shape index (κ3) is 5.33. The minimum absolute atomic E-state index is 0. The van der Waals surface area contributed by atoms with Gasteiger partial charge in [0.2, 0.25) is 5.91 Å². The minimum atomic E-state index is 0. The fourth-order valence-corrected chi connectivity index (χ4v) is 2.33. The van der Waals surface area contributed by atoms with Gasteiger partial charge in [-0.1, -0.05) is 6.92 Å². The van der Waals surface area contributed by atoms with Crippen molar-refractivity contribution in [1.82, 2.24) is 30.3 Å². The van der Waals surface area contributed by atoms with E-state index in [2.05, 4.69) is 32.6 Å². The second-order valence-corrected chi connectivity index (χ2v) is 5.57. The molecule has 1 aliphatic heterocycles. The normalized spacial score (nSPS) is 17.0. The van der Waals surface area contributed by atoms with Crippen LogP contribution in [0, 0.1) is 0 Å². The van der Waals surface area contributed by atoms with Crippen molar-refractivity contribution in [2.45, 2.75) is 38.8 Å². The molecule has 0 saturated heterocycles. The second-order valence-electron chi connectivity index (χ2n) is 5.57. The van der Waals surface area contributed by atoms with Crippen LogP contribution in [0.5, 0.6) is 0 Å². The molecule has 23 heavy (non-hydrogen) atoms. The average molecular weight is 435 g/mol. The van der Waals surface area contributed by atoms with Crippen LogP contribution >= 0.6 is 24.0 Å². The highest BCUT2D eigenvalue weighted by molar-refractivity contribution is 14.0. The van der Waals surface area contributed by atoms with Gasteiger partial charge in [-0.15, -0.1) is 24.0 Å². The molecule has 1 aliphatic rings. The Morgan fingerprint density at radius 2 is 2.22 bits per heavy atom. The molecule has 0 fully saturated rings. The number of aryl methyl sites for hydroxylation is 2. The molecule has 1 aromatic rings. The van der Waals surface area contributed by atoms with E-state index in [-0.39, 0.29) is 42.5 Å². The lowest BCUT2D eigenvalue weighted by Gasteiger charge is -2.25. The lowest BCUT2D eigenvalue weighted by molar-refractivity contribution is -0.127. The molecule has 9 heteroatoms. The Bertz CT molecular complexity index is 555. The van der Waals surface area contributed by atoms with E-state index >= 15 is 0 Å². The van der Waals surface area contributed by atoms with Crippen LogP contribution in [-0.2, 0) is 24.2 Å². The van der Waals surface area contributed by atoms with Gasteiger partial charge in [0.25, 0.3) is 0 Å². The first-order valence-corrected chi connectivity index (χ1v) is 7.63. The third-order valence-corrected chi connectivity index (χ3v) is 3.69.